The number of benzene rings is 1. The number of nitrogens with one attached hydrogen (secondary N) is 1. The minimum atomic E-state index is -3.84. The molecule has 0 aliphatic carbocycles. The topological polar surface area (TPSA) is 112 Å². The van der Waals surface area contributed by atoms with Gasteiger partial charge in [0.1, 0.15) is 4.90 Å². The Morgan fingerprint density at radius 1 is 1.33 bits per heavy atom. The van der Waals surface area contributed by atoms with Crippen LogP contribution in [0.2, 0.25) is 0 Å². The summed E-state index contributed by atoms with van der Waals surface area (Å²) in [7, 11) is -2.44. The number of aromatic nitrogens is 1. The van der Waals surface area contributed by atoms with E-state index in [1.54, 1.807) is 18.2 Å². The van der Waals surface area contributed by atoms with Gasteiger partial charge >= 0.3 is 0 Å². The Bertz CT molecular complexity index is 798. The molecule has 0 saturated carbocycles. The number of rotatable bonds is 4. The van der Waals surface area contributed by atoms with Crippen LogP contribution in [0, 0.1) is 11.3 Å². The lowest BCUT2D eigenvalue weighted by atomic mass is 10.2. The molecule has 108 valence electrons. The van der Waals surface area contributed by atoms with E-state index in [2.05, 4.69) is 10.4 Å². The van der Waals surface area contributed by atoms with Crippen molar-refractivity contribution >= 4 is 21.5 Å². The van der Waals surface area contributed by atoms with Gasteiger partial charge in [0.15, 0.2) is 5.82 Å². The molecule has 2 rings (SSSR count). The lowest BCUT2D eigenvalue weighted by molar-refractivity contribution is 0.594. The Kier molecular flexibility index (Phi) is 4.07. The highest BCUT2D eigenvalue weighted by molar-refractivity contribution is 7.93. The maximum atomic E-state index is 12.6. The van der Waals surface area contributed by atoms with E-state index in [9.17, 15) is 8.42 Å². The van der Waals surface area contributed by atoms with Gasteiger partial charge in [0, 0.05) is 13.2 Å². The molecule has 0 radical (unpaired) electrons. The molecule has 3 N–H and O–H groups in total. The van der Waals surface area contributed by atoms with Gasteiger partial charge in [0.2, 0.25) is 0 Å². The number of nitrogen functional groups attached to an aromatic ring is 1. The Hall–Kier alpha value is -2.63. The molecule has 0 saturated heterocycles. The zero-order valence-corrected chi connectivity index (χ0v) is 12.0. The molecule has 0 amide bonds. The van der Waals surface area contributed by atoms with Gasteiger partial charge in [0.25, 0.3) is 10.0 Å². The van der Waals surface area contributed by atoms with Crippen molar-refractivity contribution in [2.45, 2.75) is 4.90 Å². The van der Waals surface area contributed by atoms with Gasteiger partial charge in [-0.15, -0.1) is 0 Å². The van der Waals surface area contributed by atoms with Crippen LogP contribution in [0.25, 0.3) is 0 Å². The van der Waals surface area contributed by atoms with Crippen molar-refractivity contribution in [1.82, 2.24) is 4.98 Å². The summed E-state index contributed by atoms with van der Waals surface area (Å²) in [6, 6.07) is 11.2. The largest absolute Gasteiger partial charge is 0.307 e. The van der Waals surface area contributed by atoms with E-state index in [0.29, 0.717) is 11.3 Å². The van der Waals surface area contributed by atoms with Gasteiger partial charge in [-0.3, -0.25) is 4.31 Å². The van der Waals surface area contributed by atoms with E-state index < -0.39 is 10.0 Å². The van der Waals surface area contributed by atoms with Crippen LogP contribution in [-0.2, 0) is 10.0 Å². The van der Waals surface area contributed by atoms with Gasteiger partial charge in [-0.2, -0.15) is 5.26 Å². The first-order valence-corrected chi connectivity index (χ1v) is 7.35. The minimum absolute atomic E-state index is 0.0441. The van der Waals surface area contributed by atoms with Gasteiger partial charge < -0.3 is 5.43 Å². The van der Waals surface area contributed by atoms with Gasteiger partial charge in [-0.25, -0.2) is 19.2 Å². The van der Waals surface area contributed by atoms with Crippen molar-refractivity contribution in [2.24, 2.45) is 5.84 Å². The van der Waals surface area contributed by atoms with Crippen LogP contribution >= 0.6 is 0 Å². The van der Waals surface area contributed by atoms with E-state index in [4.69, 9.17) is 11.1 Å². The highest BCUT2D eigenvalue weighted by atomic mass is 32.2. The first-order chi connectivity index (χ1) is 10.0. The third-order valence-corrected chi connectivity index (χ3v) is 4.70. The molecule has 7 nitrogen and oxygen atoms in total. The summed E-state index contributed by atoms with van der Waals surface area (Å²) in [5.74, 6) is 5.35. The first kappa shape index (κ1) is 14.8. The van der Waals surface area contributed by atoms with Crippen molar-refractivity contribution in [3.8, 4) is 6.07 Å². The predicted molar refractivity (Wildman–Crippen MR) is 78.8 cm³/mol. The standard InChI is InChI=1S/C13H13N5O2S/c1-18(11-5-2-4-10(8-11)9-14)21(19,20)12-6-3-7-16-13(12)17-15/h2-8H,15H2,1H3,(H,16,17). The number of pyridine rings is 1. The average Bonchev–Trinajstić information content (AvgIpc) is 2.54. The molecule has 0 bridgehead atoms. The molecular weight excluding hydrogens is 290 g/mol. The van der Waals surface area contributed by atoms with Crippen LogP contribution in [0.3, 0.4) is 0 Å². The van der Waals surface area contributed by atoms with Crippen LogP contribution in [0.4, 0.5) is 11.5 Å². The Morgan fingerprint density at radius 3 is 2.76 bits per heavy atom. The first-order valence-electron chi connectivity index (χ1n) is 5.91. The average molecular weight is 303 g/mol. The Labute approximate surface area is 122 Å². The van der Waals surface area contributed by atoms with Crippen molar-refractivity contribution in [3.05, 3.63) is 48.2 Å². The number of anilines is 2. The molecule has 0 spiro atoms. The summed E-state index contributed by atoms with van der Waals surface area (Å²) in [6.45, 7) is 0. The predicted octanol–water partition coefficient (Wildman–Crippen LogP) is 1.06. The molecule has 0 atom stereocenters. The molecule has 0 unspecified atom stereocenters. The summed E-state index contributed by atoms with van der Waals surface area (Å²) in [6.07, 6.45) is 1.44. The molecule has 1 aromatic carbocycles. The lowest BCUT2D eigenvalue weighted by Gasteiger charge is -2.20. The summed E-state index contributed by atoms with van der Waals surface area (Å²) >= 11 is 0. The summed E-state index contributed by atoms with van der Waals surface area (Å²) in [5, 5.41) is 8.89. The number of nitrogens with zero attached hydrogens (tertiary/aromatic N) is 3. The van der Waals surface area contributed by atoms with Crippen LogP contribution in [0.1, 0.15) is 5.56 Å². The Morgan fingerprint density at radius 2 is 2.10 bits per heavy atom. The molecular formula is C13H13N5O2S. The molecule has 1 aromatic heterocycles. The number of hydrogen-bond acceptors (Lipinski definition) is 6. The second-order valence-electron chi connectivity index (χ2n) is 4.13. The SMILES string of the molecule is CN(c1cccc(C#N)c1)S(=O)(=O)c1cccnc1NN. The molecule has 2 aromatic rings. The number of sulfonamides is 1. The molecule has 0 fully saturated rings. The van der Waals surface area contributed by atoms with Crippen molar-refractivity contribution < 1.29 is 8.42 Å². The minimum Gasteiger partial charge on any atom is -0.307 e. The van der Waals surface area contributed by atoms with E-state index in [-0.39, 0.29) is 10.7 Å². The van der Waals surface area contributed by atoms with Crippen molar-refractivity contribution in [2.75, 3.05) is 16.8 Å². The smallest absolute Gasteiger partial charge is 0.267 e. The number of nitriles is 1. The Balaban J connectivity index is 2.50. The maximum Gasteiger partial charge on any atom is 0.267 e. The highest BCUT2D eigenvalue weighted by Gasteiger charge is 2.25. The van der Waals surface area contributed by atoms with E-state index in [1.165, 1.54) is 31.4 Å². The second-order valence-corrected chi connectivity index (χ2v) is 6.07. The lowest BCUT2D eigenvalue weighted by Crippen LogP contribution is -2.28. The number of hydrogen-bond donors (Lipinski definition) is 2. The van der Waals surface area contributed by atoms with Crippen LogP contribution < -0.4 is 15.6 Å². The second kappa shape index (κ2) is 5.78. The van der Waals surface area contributed by atoms with Crippen LogP contribution in [-0.4, -0.2) is 20.4 Å². The normalized spacial score (nSPS) is 10.7. The van der Waals surface area contributed by atoms with E-state index >= 15 is 0 Å². The zero-order chi connectivity index (χ0) is 15.5. The monoisotopic (exact) mass is 303 g/mol. The third-order valence-electron chi connectivity index (χ3n) is 2.88. The van der Waals surface area contributed by atoms with Gasteiger partial charge in [-0.05, 0) is 30.3 Å². The van der Waals surface area contributed by atoms with Crippen molar-refractivity contribution in [1.29, 1.82) is 5.26 Å². The summed E-state index contributed by atoms with van der Waals surface area (Å²) < 4.78 is 26.3. The fourth-order valence-corrected chi connectivity index (χ4v) is 3.06. The van der Waals surface area contributed by atoms with Crippen LogP contribution in [0.5, 0.6) is 0 Å². The number of nitrogens with two attached hydrogens (primary N) is 1. The fourth-order valence-electron chi connectivity index (χ4n) is 1.76. The molecule has 0 aliphatic rings. The van der Waals surface area contributed by atoms with Gasteiger partial charge in [-0.1, -0.05) is 6.07 Å². The molecule has 21 heavy (non-hydrogen) atoms. The van der Waals surface area contributed by atoms with Crippen LogP contribution in [0.15, 0.2) is 47.5 Å². The quantitative estimate of drug-likeness (QED) is 0.645. The van der Waals surface area contributed by atoms with Gasteiger partial charge in [0.05, 0.1) is 17.3 Å². The third kappa shape index (κ3) is 2.79. The van der Waals surface area contributed by atoms with E-state index in [1.807, 2.05) is 6.07 Å². The maximum absolute atomic E-state index is 12.6. The van der Waals surface area contributed by atoms with Crippen molar-refractivity contribution in [3.63, 3.8) is 0 Å². The van der Waals surface area contributed by atoms with E-state index in [0.717, 1.165) is 4.31 Å². The summed E-state index contributed by atoms with van der Waals surface area (Å²) in [5.41, 5.74) is 3.01. The summed E-state index contributed by atoms with van der Waals surface area (Å²) in [4.78, 5) is 3.83. The zero-order valence-electron chi connectivity index (χ0n) is 11.2. The molecule has 1 heterocycles. The molecule has 0 aliphatic heterocycles. The molecule has 8 heteroatoms. The fraction of sp³-hybridized carbons (Fsp3) is 0.0769. The highest BCUT2D eigenvalue weighted by Crippen LogP contribution is 2.25. The number of hydrazine groups is 1.